The van der Waals surface area contributed by atoms with Crippen molar-refractivity contribution >= 4 is 43.6 Å². The van der Waals surface area contributed by atoms with Gasteiger partial charge in [0.2, 0.25) is 29.5 Å². The average Bonchev–Trinajstić information content (AvgIpc) is 2.92. The summed E-state index contributed by atoms with van der Waals surface area (Å²) in [5.74, 6) is -5.38. The molecule has 0 unspecified atom stereocenters. The van der Waals surface area contributed by atoms with E-state index in [4.69, 9.17) is 21.3 Å². The summed E-state index contributed by atoms with van der Waals surface area (Å²) in [6.45, 7) is 5.81. The van der Waals surface area contributed by atoms with Crippen LogP contribution in [0, 0.1) is 11.8 Å². The number of amides is 5. The van der Waals surface area contributed by atoms with Crippen molar-refractivity contribution in [2.75, 3.05) is 6.61 Å². The zero-order valence-electron chi connectivity index (χ0n) is 24.8. The molecule has 0 heterocycles. The lowest BCUT2D eigenvalue weighted by molar-refractivity contribution is -0.135. The third kappa shape index (κ3) is 13.2. The number of hydrogen-bond donors (Lipinski definition) is 9. The third-order valence-corrected chi connectivity index (χ3v) is 6.66. The molecule has 0 saturated heterocycles. The van der Waals surface area contributed by atoms with Crippen LogP contribution in [0.3, 0.4) is 0 Å². The Hall–Kier alpha value is -3.89. The maximum absolute atomic E-state index is 13.4. The van der Waals surface area contributed by atoms with Crippen molar-refractivity contribution < 1.29 is 52.7 Å². The van der Waals surface area contributed by atoms with Crippen molar-refractivity contribution in [2.24, 2.45) is 23.3 Å². The molecule has 0 aromatic heterocycles. The third-order valence-electron chi connectivity index (χ3n) is 6.21. The number of rotatable bonds is 18. The first kappa shape index (κ1) is 38.1. The Morgan fingerprint density at radius 1 is 0.864 bits per heavy atom. The fraction of sp³-hybridized carbons (Fsp3) is 0.538. The van der Waals surface area contributed by atoms with Gasteiger partial charge in [-0.3, -0.25) is 33.8 Å². The lowest BCUT2D eigenvalue weighted by Crippen LogP contribution is -2.60. The number of aldehydes is 1. The van der Waals surface area contributed by atoms with Gasteiger partial charge >= 0.3 is 7.82 Å². The number of benzene rings is 1. The van der Waals surface area contributed by atoms with Crippen LogP contribution in [0.2, 0.25) is 0 Å². The molecule has 1 aromatic carbocycles. The number of carbonyl (C=O) groups excluding carboxylic acids is 6. The minimum absolute atomic E-state index is 0.159. The van der Waals surface area contributed by atoms with Crippen LogP contribution in [0.4, 0.5) is 0 Å². The van der Waals surface area contributed by atoms with E-state index in [0.29, 0.717) is 11.8 Å². The molecule has 0 fully saturated rings. The molecule has 0 aliphatic carbocycles. The lowest BCUT2D eigenvalue weighted by atomic mass is 9.99. The number of phosphoric acid groups is 1. The molecule has 0 aliphatic heterocycles. The molecule has 5 atom stereocenters. The van der Waals surface area contributed by atoms with Crippen molar-refractivity contribution in [2.45, 2.75) is 70.7 Å². The van der Waals surface area contributed by atoms with Crippen molar-refractivity contribution in [3.8, 4) is 5.75 Å². The summed E-state index contributed by atoms with van der Waals surface area (Å²) >= 11 is 0. The Labute approximate surface area is 254 Å². The van der Waals surface area contributed by atoms with E-state index in [9.17, 15) is 38.4 Å². The summed E-state index contributed by atoms with van der Waals surface area (Å²) in [5, 5.41) is 19.0. The van der Waals surface area contributed by atoms with E-state index in [0.717, 1.165) is 0 Å². The van der Waals surface area contributed by atoms with Gasteiger partial charge in [0.15, 0.2) is 0 Å². The van der Waals surface area contributed by atoms with E-state index in [1.165, 1.54) is 24.3 Å². The highest BCUT2D eigenvalue weighted by atomic mass is 31.2. The molecule has 0 aliphatic rings. The minimum atomic E-state index is -4.82. The fourth-order valence-corrected chi connectivity index (χ4v) is 4.11. The molecule has 17 nitrogen and oxygen atoms in total. The van der Waals surface area contributed by atoms with Crippen molar-refractivity contribution in [1.29, 1.82) is 0 Å². The van der Waals surface area contributed by atoms with Crippen molar-refractivity contribution in [3.05, 3.63) is 29.8 Å². The molecule has 18 heteroatoms. The van der Waals surface area contributed by atoms with Gasteiger partial charge in [0.05, 0.1) is 19.1 Å². The molecule has 0 bridgehead atoms. The van der Waals surface area contributed by atoms with Crippen LogP contribution in [-0.2, 0) is 39.8 Å². The molecule has 1 rings (SSSR count). The summed E-state index contributed by atoms with van der Waals surface area (Å²) < 4.78 is 15.6. The molecule has 0 spiro atoms. The van der Waals surface area contributed by atoms with Gasteiger partial charge < -0.3 is 47.2 Å². The van der Waals surface area contributed by atoms with Gasteiger partial charge in [0, 0.05) is 6.42 Å². The molecule has 1 aromatic rings. The second-order valence-electron chi connectivity index (χ2n) is 10.7. The Balaban J connectivity index is 3.22. The Bertz CT molecular complexity index is 1220. The number of aliphatic hydroxyl groups is 1. The summed E-state index contributed by atoms with van der Waals surface area (Å²) in [6.07, 6.45) is -0.273. The van der Waals surface area contributed by atoms with Crippen molar-refractivity contribution in [3.63, 3.8) is 0 Å². The number of nitrogens with two attached hydrogens (primary N) is 2. The van der Waals surface area contributed by atoms with Gasteiger partial charge in [-0.2, -0.15) is 0 Å². The average molecular weight is 645 g/mol. The van der Waals surface area contributed by atoms with E-state index < -0.39 is 86.5 Å². The number of aliphatic hydroxyl groups excluding tert-OH is 1. The van der Waals surface area contributed by atoms with Crippen LogP contribution in [0.5, 0.6) is 5.75 Å². The standard InChI is InChI=1S/C26H41N6O11P/c1-13(2)20(12-34)31-24(37)19(10-21(28)35)30-26(39)22(14(3)4)32-25(38)18(29-23(36)17(27)11-33)9-15-5-7-16(8-6-15)43-44(40,41)42/h5-8,12-14,17-20,22,33H,9-11,27H2,1-4H3,(H2,28,35)(H,29,36)(H,30,39)(H,31,37)(H,32,38)(H2,40,41,42)/t17-,18-,19-,20+,22-/m0/s1. The highest BCUT2D eigenvalue weighted by molar-refractivity contribution is 7.46. The molecular weight excluding hydrogens is 603 g/mol. The number of hydrogen-bond acceptors (Lipinski definition) is 10. The van der Waals surface area contributed by atoms with Gasteiger partial charge in [0.25, 0.3) is 0 Å². The van der Waals surface area contributed by atoms with Crippen LogP contribution < -0.4 is 37.3 Å². The number of carbonyl (C=O) groups is 6. The van der Waals surface area contributed by atoms with Crippen LogP contribution >= 0.6 is 7.82 Å². The monoisotopic (exact) mass is 644 g/mol. The summed E-state index contributed by atoms with van der Waals surface area (Å²) in [5.41, 5.74) is 11.2. The second-order valence-corrected chi connectivity index (χ2v) is 11.8. The summed E-state index contributed by atoms with van der Waals surface area (Å²) in [7, 11) is -4.82. The highest BCUT2D eigenvalue weighted by Crippen LogP contribution is 2.37. The molecule has 246 valence electrons. The van der Waals surface area contributed by atoms with E-state index >= 15 is 0 Å². The van der Waals surface area contributed by atoms with E-state index in [1.54, 1.807) is 27.7 Å². The number of nitrogens with one attached hydrogen (secondary N) is 4. The van der Waals surface area contributed by atoms with Gasteiger partial charge in [-0.25, -0.2) is 4.57 Å². The predicted molar refractivity (Wildman–Crippen MR) is 155 cm³/mol. The minimum Gasteiger partial charge on any atom is -0.404 e. The zero-order chi connectivity index (χ0) is 33.8. The van der Waals surface area contributed by atoms with E-state index in [2.05, 4.69) is 25.8 Å². The zero-order valence-corrected chi connectivity index (χ0v) is 25.7. The molecular formula is C26H41N6O11P. The van der Waals surface area contributed by atoms with Crippen LogP contribution in [0.1, 0.15) is 39.7 Å². The first-order chi connectivity index (χ1) is 20.4. The van der Waals surface area contributed by atoms with Crippen LogP contribution in [0.15, 0.2) is 24.3 Å². The molecule has 44 heavy (non-hydrogen) atoms. The normalized spacial score (nSPS) is 14.9. The Morgan fingerprint density at radius 3 is 1.86 bits per heavy atom. The first-order valence-electron chi connectivity index (χ1n) is 13.5. The van der Waals surface area contributed by atoms with Crippen LogP contribution in [0.25, 0.3) is 0 Å². The van der Waals surface area contributed by atoms with E-state index in [1.807, 2.05) is 0 Å². The Morgan fingerprint density at radius 2 is 1.41 bits per heavy atom. The smallest absolute Gasteiger partial charge is 0.404 e. The van der Waals surface area contributed by atoms with Crippen LogP contribution in [-0.4, -0.2) is 87.5 Å². The van der Waals surface area contributed by atoms with Crippen molar-refractivity contribution in [1.82, 2.24) is 21.3 Å². The fourth-order valence-electron chi connectivity index (χ4n) is 3.71. The second kappa shape index (κ2) is 17.4. The van der Waals surface area contributed by atoms with Gasteiger partial charge in [-0.1, -0.05) is 39.8 Å². The van der Waals surface area contributed by atoms with E-state index in [-0.39, 0.29) is 18.1 Å². The first-order valence-corrected chi connectivity index (χ1v) is 15.1. The van der Waals surface area contributed by atoms with Gasteiger partial charge in [0.1, 0.15) is 36.2 Å². The number of primary amides is 1. The maximum Gasteiger partial charge on any atom is 0.524 e. The molecule has 0 saturated carbocycles. The quantitative estimate of drug-likeness (QED) is 0.0585. The predicted octanol–water partition coefficient (Wildman–Crippen LogP) is -2.65. The topological polar surface area (TPSA) is 290 Å². The Kier molecular flexibility index (Phi) is 15.1. The SMILES string of the molecule is CC(C)[C@H](NC(=O)[C@H](Cc1ccc(OP(=O)(O)O)cc1)NC(=O)[C@@H](N)CO)C(=O)N[C@@H](CC(N)=O)C(=O)N[C@H](C=O)C(C)C. The van der Waals surface area contributed by atoms with Gasteiger partial charge in [-0.05, 0) is 29.5 Å². The molecule has 0 radical (unpaired) electrons. The summed E-state index contributed by atoms with van der Waals surface area (Å²) in [6, 6.07) is -1.16. The lowest BCUT2D eigenvalue weighted by Gasteiger charge is -2.28. The number of phosphoric ester groups is 1. The largest absolute Gasteiger partial charge is 0.524 e. The maximum atomic E-state index is 13.4. The van der Waals surface area contributed by atoms with Gasteiger partial charge in [-0.15, -0.1) is 0 Å². The highest BCUT2D eigenvalue weighted by Gasteiger charge is 2.33. The molecule has 5 amide bonds. The summed E-state index contributed by atoms with van der Waals surface area (Å²) in [4.78, 5) is 92.9. The molecule has 11 N–H and O–H groups in total.